The van der Waals surface area contributed by atoms with Crippen molar-refractivity contribution in [2.75, 3.05) is 13.1 Å². The third kappa shape index (κ3) is 1.96. The van der Waals surface area contributed by atoms with Crippen LogP contribution in [0.3, 0.4) is 0 Å². The zero-order valence-electron chi connectivity index (χ0n) is 5.80. The topological polar surface area (TPSA) is 23.5 Å². The molecule has 0 aromatic rings. The summed E-state index contributed by atoms with van der Waals surface area (Å²) in [6, 6.07) is 0. The minimum Gasteiger partial charge on any atom is -0.511 e. The van der Waals surface area contributed by atoms with Crippen molar-refractivity contribution in [3.8, 4) is 0 Å². The average Bonchev–Trinajstić information content (AvgIpc) is 2.15. The van der Waals surface area contributed by atoms with E-state index >= 15 is 0 Å². The Bertz CT molecular complexity index is 110. The molecule has 1 aliphatic rings. The molecule has 2 heteroatoms. The first-order chi connectivity index (χ1) is 4.29. The zero-order chi connectivity index (χ0) is 6.69. The highest BCUT2D eigenvalue weighted by atomic mass is 16.3. The minimum atomic E-state index is 0.414. The van der Waals surface area contributed by atoms with Gasteiger partial charge in [-0.25, -0.2) is 0 Å². The van der Waals surface area contributed by atoms with Gasteiger partial charge in [-0.2, -0.15) is 0 Å². The van der Waals surface area contributed by atoms with Gasteiger partial charge in [0, 0.05) is 19.3 Å². The van der Waals surface area contributed by atoms with E-state index in [9.17, 15) is 0 Å². The van der Waals surface area contributed by atoms with Crippen molar-refractivity contribution in [2.45, 2.75) is 19.8 Å². The molecule has 0 radical (unpaired) electrons. The molecule has 1 saturated heterocycles. The van der Waals surface area contributed by atoms with E-state index in [-0.39, 0.29) is 0 Å². The second-order valence-electron chi connectivity index (χ2n) is 2.51. The van der Waals surface area contributed by atoms with Crippen molar-refractivity contribution in [2.24, 2.45) is 0 Å². The Balaban J connectivity index is 2.35. The van der Waals surface area contributed by atoms with Crippen LogP contribution in [0.5, 0.6) is 0 Å². The Labute approximate surface area is 55.8 Å². The van der Waals surface area contributed by atoms with Crippen LogP contribution in [-0.4, -0.2) is 23.1 Å². The molecule has 1 fully saturated rings. The maximum Gasteiger partial charge on any atom is 0.105 e. The molecule has 1 N–H and O–H groups in total. The van der Waals surface area contributed by atoms with E-state index in [1.807, 2.05) is 6.20 Å². The highest BCUT2D eigenvalue weighted by Gasteiger charge is 2.06. The smallest absolute Gasteiger partial charge is 0.105 e. The zero-order valence-corrected chi connectivity index (χ0v) is 5.80. The number of aliphatic hydroxyl groups excluding tert-OH is 1. The molecule has 0 atom stereocenters. The lowest BCUT2D eigenvalue weighted by atomic mass is 10.4. The van der Waals surface area contributed by atoms with E-state index in [2.05, 4.69) is 4.90 Å². The minimum absolute atomic E-state index is 0.414. The first-order valence-electron chi connectivity index (χ1n) is 3.40. The summed E-state index contributed by atoms with van der Waals surface area (Å²) in [6.07, 6.45) is 4.35. The van der Waals surface area contributed by atoms with Crippen molar-refractivity contribution in [1.29, 1.82) is 0 Å². The molecular weight excluding hydrogens is 114 g/mol. The lowest BCUT2D eigenvalue weighted by Gasteiger charge is -2.09. The first-order valence-corrected chi connectivity index (χ1v) is 3.40. The molecule has 52 valence electrons. The van der Waals surface area contributed by atoms with Gasteiger partial charge in [0.2, 0.25) is 0 Å². The number of aliphatic hydroxyl groups is 1. The fourth-order valence-corrected chi connectivity index (χ4v) is 1.13. The van der Waals surface area contributed by atoms with Gasteiger partial charge in [-0.1, -0.05) is 0 Å². The highest BCUT2D eigenvalue weighted by Crippen LogP contribution is 2.07. The second-order valence-corrected chi connectivity index (χ2v) is 2.51. The maximum absolute atomic E-state index is 8.83. The first kappa shape index (κ1) is 6.46. The van der Waals surface area contributed by atoms with Gasteiger partial charge in [0.05, 0.1) is 0 Å². The van der Waals surface area contributed by atoms with Gasteiger partial charge in [0.1, 0.15) is 5.76 Å². The van der Waals surface area contributed by atoms with Gasteiger partial charge in [0.15, 0.2) is 0 Å². The summed E-state index contributed by atoms with van der Waals surface area (Å²) in [7, 11) is 0. The van der Waals surface area contributed by atoms with E-state index in [0.717, 1.165) is 13.1 Å². The molecule has 0 aliphatic carbocycles. The average molecular weight is 127 g/mol. The third-order valence-corrected chi connectivity index (χ3v) is 1.51. The summed E-state index contributed by atoms with van der Waals surface area (Å²) in [6.45, 7) is 3.92. The molecule has 0 bridgehead atoms. The summed E-state index contributed by atoms with van der Waals surface area (Å²) in [5.74, 6) is 0.414. The van der Waals surface area contributed by atoms with Crippen LogP contribution in [0.2, 0.25) is 0 Å². The molecule has 0 spiro atoms. The SMILES string of the molecule is C/C(O)=C/N1CCCC1. The van der Waals surface area contributed by atoms with Crippen LogP contribution in [0.4, 0.5) is 0 Å². The Morgan fingerprint density at radius 2 is 2.00 bits per heavy atom. The number of likely N-dealkylation sites (tertiary alicyclic amines) is 1. The van der Waals surface area contributed by atoms with E-state index in [1.54, 1.807) is 6.92 Å². The van der Waals surface area contributed by atoms with Crippen LogP contribution >= 0.6 is 0 Å². The summed E-state index contributed by atoms with van der Waals surface area (Å²) in [5, 5.41) is 8.83. The molecule has 2 nitrogen and oxygen atoms in total. The maximum atomic E-state index is 8.83. The number of nitrogens with zero attached hydrogens (tertiary/aromatic N) is 1. The molecule has 1 heterocycles. The monoisotopic (exact) mass is 127 g/mol. The van der Waals surface area contributed by atoms with Gasteiger partial charge in [-0.15, -0.1) is 0 Å². The number of rotatable bonds is 1. The quantitative estimate of drug-likeness (QED) is 0.539. The molecule has 9 heavy (non-hydrogen) atoms. The predicted molar refractivity (Wildman–Crippen MR) is 37.2 cm³/mol. The molecule has 0 aromatic carbocycles. The van der Waals surface area contributed by atoms with Crippen molar-refractivity contribution in [1.82, 2.24) is 4.90 Å². The molecule has 0 unspecified atom stereocenters. The van der Waals surface area contributed by atoms with Crippen LogP contribution in [0.15, 0.2) is 12.0 Å². The Hall–Kier alpha value is -0.660. The number of hydrogen-bond donors (Lipinski definition) is 1. The third-order valence-electron chi connectivity index (χ3n) is 1.51. The molecular formula is C7H13NO. The molecule has 0 saturated carbocycles. The van der Waals surface area contributed by atoms with Crippen molar-refractivity contribution >= 4 is 0 Å². The van der Waals surface area contributed by atoms with Gasteiger partial charge >= 0.3 is 0 Å². The molecule has 0 aromatic heterocycles. The van der Waals surface area contributed by atoms with E-state index < -0.39 is 0 Å². The molecule has 1 aliphatic heterocycles. The summed E-state index contributed by atoms with van der Waals surface area (Å²) in [5.41, 5.74) is 0. The summed E-state index contributed by atoms with van der Waals surface area (Å²) >= 11 is 0. The summed E-state index contributed by atoms with van der Waals surface area (Å²) in [4.78, 5) is 2.15. The van der Waals surface area contributed by atoms with Crippen molar-refractivity contribution in [3.63, 3.8) is 0 Å². The van der Waals surface area contributed by atoms with Crippen molar-refractivity contribution in [3.05, 3.63) is 12.0 Å². The van der Waals surface area contributed by atoms with Gasteiger partial charge in [0.25, 0.3) is 0 Å². The molecule has 0 amide bonds. The summed E-state index contributed by atoms with van der Waals surface area (Å²) < 4.78 is 0. The normalized spacial score (nSPS) is 21.0. The number of allylic oxidation sites excluding steroid dienone is 1. The van der Waals surface area contributed by atoms with Gasteiger partial charge < -0.3 is 10.0 Å². The van der Waals surface area contributed by atoms with E-state index in [0.29, 0.717) is 5.76 Å². The lowest BCUT2D eigenvalue weighted by Crippen LogP contribution is -2.11. The second kappa shape index (κ2) is 2.76. The van der Waals surface area contributed by atoms with Crippen LogP contribution in [0, 0.1) is 0 Å². The number of hydrogen-bond acceptors (Lipinski definition) is 2. The Morgan fingerprint density at radius 3 is 2.44 bits per heavy atom. The van der Waals surface area contributed by atoms with E-state index in [1.165, 1.54) is 12.8 Å². The Morgan fingerprint density at radius 1 is 1.44 bits per heavy atom. The standard InChI is InChI=1S/C7H13NO/c1-7(9)6-8-4-2-3-5-8/h6,9H,2-5H2,1H3/b7-6-. The fraction of sp³-hybridized carbons (Fsp3) is 0.714. The Kier molecular flexibility index (Phi) is 1.98. The largest absolute Gasteiger partial charge is 0.511 e. The van der Waals surface area contributed by atoms with Gasteiger partial charge in [-0.3, -0.25) is 0 Å². The lowest BCUT2D eigenvalue weighted by molar-refractivity contribution is 0.374. The van der Waals surface area contributed by atoms with Crippen LogP contribution < -0.4 is 0 Å². The van der Waals surface area contributed by atoms with Crippen LogP contribution in [-0.2, 0) is 0 Å². The fourth-order valence-electron chi connectivity index (χ4n) is 1.13. The van der Waals surface area contributed by atoms with E-state index in [4.69, 9.17) is 5.11 Å². The van der Waals surface area contributed by atoms with Crippen LogP contribution in [0.1, 0.15) is 19.8 Å². The van der Waals surface area contributed by atoms with Crippen LogP contribution in [0.25, 0.3) is 0 Å². The van der Waals surface area contributed by atoms with Crippen molar-refractivity contribution < 1.29 is 5.11 Å². The molecule has 1 rings (SSSR count). The highest BCUT2D eigenvalue weighted by molar-refractivity contribution is 4.87. The predicted octanol–water partition coefficient (Wildman–Crippen LogP) is 1.50. The van der Waals surface area contributed by atoms with Gasteiger partial charge in [-0.05, 0) is 19.8 Å².